The minimum atomic E-state index is -1.53. The highest BCUT2D eigenvalue weighted by Gasteiger charge is 2.69. The lowest BCUT2D eigenvalue weighted by Crippen LogP contribution is -2.73. The van der Waals surface area contributed by atoms with Gasteiger partial charge in [-0.15, -0.1) is 0 Å². The summed E-state index contributed by atoms with van der Waals surface area (Å²) in [6.45, 7) is 7.44. The van der Waals surface area contributed by atoms with Crippen LogP contribution < -0.4 is 5.32 Å². The Labute approximate surface area is 177 Å². The Morgan fingerprint density at radius 1 is 1.38 bits per heavy atom. The number of nitrogens with zero attached hydrogens (tertiary/aromatic N) is 2. The van der Waals surface area contributed by atoms with E-state index in [4.69, 9.17) is 17.0 Å². The molecule has 2 aliphatic heterocycles. The molecule has 6 nitrogen and oxygen atoms in total. The smallest absolute Gasteiger partial charge is 0.323 e. The molecule has 1 N–H and O–H groups in total. The fourth-order valence-electron chi connectivity index (χ4n) is 4.63. The average Bonchev–Trinajstić information content (AvgIpc) is 2.70. The summed E-state index contributed by atoms with van der Waals surface area (Å²) < 4.78 is 5.13. The number of hydrogen-bond donors (Lipinski definition) is 1. The van der Waals surface area contributed by atoms with E-state index in [2.05, 4.69) is 25.2 Å². The maximum absolute atomic E-state index is 13.3. The van der Waals surface area contributed by atoms with Crippen molar-refractivity contribution in [2.24, 2.45) is 16.7 Å². The number of hydrogen-bond acceptors (Lipinski definition) is 6. The van der Waals surface area contributed by atoms with Crippen molar-refractivity contribution in [2.45, 2.75) is 33.1 Å². The van der Waals surface area contributed by atoms with Gasteiger partial charge < -0.3 is 10.1 Å². The van der Waals surface area contributed by atoms with Crippen LogP contribution >= 0.6 is 12.2 Å². The van der Waals surface area contributed by atoms with Gasteiger partial charge in [0.25, 0.3) is 0 Å². The number of piperidine rings is 2. The molecule has 2 fully saturated rings. The van der Waals surface area contributed by atoms with Crippen molar-refractivity contribution < 1.29 is 14.3 Å². The van der Waals surface area contributed by atoms with Crippen LogP contribution in [0.3, 0.4) is 0 Å². The highest BCUT2D eigenvalue weighted by Crippen LogP contribution is 2.56. The van der Waals surface area contributed by atoms with E-state index < -0.39 is 28.6 Å². The monoisotopic (exact) mass is 413 g/mol. The number of carbonyl (C=O) groups excluding carboxylic acids is 2. The van der Waals surface area contributed by atoms with Gasteiger partial charge in [-0.1, -0.05) is 55.9 Å². The molecule has 2 heterocycles. The van der Waals surface area contributed by atoms with Crippen LogP contribution in [0.15, 0.2) is 24.3 Å². The number of fused-ring (bicyclic) bond motifs is 2. The second kappa shape index (κ2) is 7.85. The molecule has 0 saturated carbocycles. The van der Waals surface area contributed by atoms with Gasteiger partial charge >= 0.3 is 5.97 Å². The van der Waals surface area contributed by atoms with Crippen molar-refractivity contribution in [3.8, 4) is 6.07 Å². The van der Waals surface area contributed by atoms with E-state index in [9.17, 15) is 14.9 Å². The van der Waals surface area contributed by atoms with Crippen LogP contribution in [0.1, 0.15) is 37.3 Å². The number of aryl methyl sites for hydroxylation is 1. The fraction of sp³-hybridized carbons (Fsp3) is 0.545. The lowest BCUT2D eigenvalue weighted by atomic mass is 9.54. The molecular formula is C22H27N3O3S. The average molecular weight is 414 g/mol. The Bertz CT molecular complexity index is 876. The first-order valence-corrected chi connectivity index (χ1v) is 10.3. The van der Waals surface area contributed by atoms with Gasteiger partial charge in [0, 0.05) is 19.0 Å². The van der Waals surface area contributed by atoms with Crippen LogP contribution in [0, 0.1) is 35.0 Å². The van der Waals surface area contributed by atoms with E-state index >= 15 is 0 Å². The van der Waals surface area contributed by atoms with Crippen LogP contribution in [-0.4, -0.2) is 48.5 Å². The highest BCUT2D eigenvalue weighted by atomic mass is 32.1. The van der Waals surface area contributed by atoms with Gasteiger partial charge in [-0.25, -0.2) is 0 Å². The van der Waals surface area contributed by atoms with Gasteiger partial charge in [0.05, 0.1) is 13.2 Å². The maximum atomic E-state index is 13.3. The van der Waals surface area contributed by atoms with Crippen molar-refractivity contribution in [3.05, 3.63) is 35.4 Å². The quantitative estimate of drug-likeness (QED) is 0.454. The zero-order valence-electron chi connectivity index (χ0n) is 17.3. The van der Waals surface area contributed by atoms with Crippen LogP contribution in [0.4, 0.5) is 0 Å². The van der Waals surface area contributed by atoms with Crippen molar-refractivity contribution in [3.63, 3.8) is 0 Å². The summed E-state index contributed by atoms with van der Waals surface area (Å²) in [4.78, 5) is 28.6. The summed E-state index contributed by atoms with van der Waals surface area (Å²) >= 11 is 5.53. The molecule has 2 bridgehead atoms. The summed E-state index contributed by atoms with van der Waals surface area (Å²) in [6, 6.07) is 10.0. The summed E-state index contributed by atoms with van der Waals surface area (Å²) in [5.74, 6) is -1.36. The van der Waals surface area contributed by atoms with Gasteiger partial charge in [0.1, 0.15) is 10.4 Å². The van der Waals surface area contributed by atoms with E-state index in [-0.39, 0.29) is 11.5 Å². The van der Waals surface area contributed by atoms with Crippen molar-refractivity contribution in [2.75, 3.05) is 26.7 Å². The van der Waals surface area contributed by atoms with E-state index in [0.717, 1.165) is 17.5 Å². The first-order valence-electron chi connectivity index (χ1n) is 9.85. The third kappa shape index (κ3) is 3.34. The van der Waals surface area contributed by atoms with Crippen molar-refractivity contribution in [1.82, 2.24) is 10.2 Å². The summed E-state index contributed by atoms with van der Waals surface area (Å²) in [5, 5.41) is 13.0. The number of amides is 1. The van der Waals surface area contributed by atoms with Gasteiger partial charge in [-0.2, -0.15) is 5.26 Å². The van der Waals surface area contributed by atoms with Crippen LogP contribution in [-0.2, 0) is 14.3 Å². The third-order valence-electron chi connectivity index (χ3n) is 6.15. The molecule has 3 unspecified atom stereocenters. The standard InChI is InChI=1S/C22H27N3O3S/c1-14(2)9-10-25-12-21(11-23)17(16-7-5-15(3)6-8-16)22(13-25,20(27)28-4)18(26)24-19(21)29/h5-8,14,17H,9-10,12-13H2,1-4H3,(H,24,26,29). The van der Waals surface area contributed by atoms with Gasteiger partial charge in [-0.3, -0.25) is 14.5 Å². The van der Waals surface area contributed by atoms with Gasteiger partial charge in [0.15, 0.2) is 5.41 Å². The minimum Gasteiger partial charge on any atom is -0.468 e. The normalized spacial score (nSPS) is 29.3. The molecule has 2 aliphatic rings. The molecular weight excluding hydrogens is 386 g/mol. The number of benzene rings is 1. The first-order chi connectivity index (χ1) is 13.7. The predicted octanol–water partition coefficient (Wildman–Crippen LogP) is 2.57. The molecule has 29 heavy (non-hydrogen) atoms. The SMILES string of the molecule is COC(=O)C12CN(CCC(C)C)CC(C#N)(C(=S)NC1=O)C2c1ccc(C)cc1. The molecule has 0 aromatic heterocycles. The van der Waals surface area contributed by atoms with Crippen LogP contribution in [0.2, 0.25) is 0 Å². The number of rotatable bonds is 5. The predicted molar refractivity (Wildman–Crippen MR) is 113 cm³/mol. The minimum absolute atomic E-state index is 0.185. The molecule has 7 heteroatoms. The largest absolute Gasteiger partial charge is 0.468 e. The Morgan fingerprint density at radius 2 is 2.03 bits per heavy atom. The maximum Gasteiger partial charge on any atom is 0.323 e. The Kier molecular flexibility index (Phi) is 5.79. The van der Waals surface area contributed by atoms with Gasteiger partial charge in [-0.05, 0) is 31.4 Å². The first kappa shape index (κ1) is 21.4. The van der Waals surface area contributed by atoms with Gasteiger partial charge in [0.2, 0.25) is 5.91 Å². The number of methoxy groups -OCH3 is 1. The Balaban J connectivity index is 2.22. The summed E-state index contributed by atoms with van der Waals surface area (Å²) in [5.41, 5.74) is -0.916. The summed E-state index contributed by atoms with van der Waals surface area (Å²) in [6.07, 6.45) is 0.891. The molecule has 0 spiro atoms. The molecule has 1 aromatic carbocycles. The second-order valence-electron chi connectivity index (χ2n) is 8.57. The highest BCUT2D eigenvalue weighted by molar-refractivity contribution is 7.80. The molecule has 2 saturated heterocycles. The zero-order valence-corrected chi connectivity index (χ0v) is 18.1. The Hall–Kier alpha value is -2.30. The van der Waals surface area contributed by atoms with Crippen LogP contribution in [0.5, 0.6) is 0 Å². The number of likely N-dealkylation sites (tertiary alicyclic amines) is 1. The summed E-state index contributed by atoms with van der Waals surface area (Å²) in [7, 11) is 1.28. The molecule has 0 radical (unpaired) electrons. The van der Waals surface area contributed by atoms with Crippen molar-refractivity contribution >= 4 is 29.1 Å². The lowest BCUT2D eigenvalue weighted by molar-refractivity contribution is -0.168. The number of nitriles is 1. The molecule has 1 amide bonds. The number of ether oxygens (including phenoxy) is 1. The number of carbonyl (C=O) groups is 2. The Morgan fingerprint density at radius 3 is 2.59 bits per heavy atom. The van der Waals surface area contributed by atoms with E-state index in [1.165, 1.54) is 7.11 Å². The number of esters is 1. The molecule has 3 atom stereocenters. The van der Waals surface area contributed by atoms with Crippen LogP contribution in [0.25, 0.3) is 0 Å². The van der Waals surface area contributed by atoms with E-state index in [0.29, 0.717) is 19.0 Å². The molecule has 3 rings (SSSR count). The number of thiocarbonyl (C=S) groups is 1. The molecule has 0 aliphatic carbocycles. The third-order valence-corrected chi connectivity index (χ3v) is 6.62. The fourth-order valence-corrected chi connectivity index (χ4v) is 4.95. The molecule has 1 aromatic rings. The topological polar surface area (TPSA) is 82.4 Å². The number of nitrogens with one attached hydrogen (secondary N) is 1. The molecule has 154 valence electrons. The van der Waals surface area contributed by atoms with E-state index in [1.807, 2.05) is 36.1 Å². The zero-order chi connectivity index (χ0) is 21.4. The second-order valence-corrected chi connectivity index (χ2v) is 8.97. The van der Waals surface area contributed by atoms with Crippen molar-refractivity contribution in [1.29, 1.82) is 5.26 Å². The van der Waals surface area contributed by atoms with E-state index in [1.54, 1.807) is 0 Å². The lowest BCUT2D eigenvalue weighted by Gasteiger charge is -2.56.